The monoisotopic (exact) mass is 369 g/mol. The van der Waals surface area contributed by atoms with Crippen LogP contribution in [0.2, 0.25) is 5.02 Å². The van der Waals surface area contributed by atoms with Gasteiger partial charge in [0.25, 0.3) is 0 Å². The van der Waals surface area contributed by atoms with Gasteiger partial charge in [-0.2, -0.15) is 0 Å². The van der Waals surface area contributed by atoms with Gasteiger partial charge in [0, 0.05) is 18.1 Å². The second-order valence-electron chi connectivity index (χ2n) is 7.05. The van der Waals surface area contributed by atoms with E-state index in [4.69, 9.17) is 26.2 Å². The third kappa shape index (κ3) is 6.55. The van der Waals surface area contributed by atoms with E-state index in [0.717, 1.165) is 19.4 Å². The van der Waals surface area contributed by atoms with Gasteiger partial charge in [-0.15, -0.1) is 0 Å². The number of halogens is 1. The Morgan fingerprint density at radius 3 is 2.80 bits per heavy atom. The molecule has 1 aliphatic heterocycles. The van der Waals surface area contributed by atoms with Crippen molar-refractivity contribution in [1.82, 2.24) is 0 Å². The second kappa shape index (κ2) is 8.54. The number of ether oxygens (including phenoxy) is 2. The maximum absolute atomic E-state index is 12.3. The van der Waals surface area contributed by atoms with E-state index in [1.165, 1.54) is 0 Å². The normalized spacial score (nSPS) is 17.3. The molecule has 0 radical (unpaired) electrons. The summed E-state index contributed by atoms with van der Waals surface area (Å²) in [5.41, 5.74) is -0.172. The Hall–Kier alpha value is -1.79. The molecule has 0 unspecified atom stereocenters. The second-order valence-corrected chi connectivity index (χ2v) is 7.48. The lowest BCUT2D eigenvalue weighted by atomic mass is 9.85. The Balaban J connectivity index is 2.00. The highest BCUT2D eigenvalue weighted by Crippen LogP contribution is 2.31. The number of aliphatic carboxylic acids is 1. The summed E-state index contributed by atoms with van der Waals surface area (Å²) >= 11 is 6.02. The Kier molecular flexibility index (Phi) is 6.67. The van der Waals surface area contributed by atoms with E-state index in [0.29, 0.717) is 23.1 Å². The molecule has 1 aromatic rings. The largest absolute Gasteiger partial charge is 0.489 e. The zero-order valence-electron chi connectivity index (χ0n) is 14.5. The van der Waals surface area contributed by atoms with E-state index in [-0.39, 0.29) is 24.9 Å². The van der Waals surface area contributed by atoms with Crippen LogP contribution in [0.4, 0.5) is 5.69 Å². The molecule has 1 heterocycles. The fourth-order valence-corrected chi connectivity index (χ4v) is 2.96. The average molecular weight is 370 g/mol. The molecule has 0 bridgehead atoms. The van der Waals surface area contributed by atoms with Gasteiger partial charge in [0.1, 0.15) is 12.4 Å². The summed E-state index contributed by atoms with van der Waals surface area (Å²) in [4.78, 5) is 23.2. The fourth-order valence-electron chi connectivity index (χ4n) is 2.79. The van der Waals surface area contributed by atoms with Crippen molar-refractivity contribution in [3.8, 4) is 5.75 Å². The van der Waals surface area contributed by atoms with E-state index in [1.807, 2.05) is 0 Å². The van der Waals surface area contributed by atoms with Gasteiger partial charge >= 0.3 is 5.97 Å². The molecule has 1 fully saturated rings. The van der Waals surface area contributed by atoms with E-state index in [1.54, 1.807) is 32.0 Å². The van der Waals surface area contributed by atoms with Crippen LogP contribution in [0.15, 0.2) is 18.2 Å². The summed E-state index contributed by atoms with van der Waals surface area (Å²) in [5, 5.41) is 12.2. The average Bonchev–Trinajstić information content (AvgIpc) is 2.97. The number of carboxylic acids is 1. The zero-order chi connectivity index (χ0) is 18.4. The third-order valence-electron chi connectivity index (χ3n) is 3.93. The molecule has 6 nitrogen and oxygen atoms in total. The molecular weight excluding hydrogens is 346 g/mol. The van der Waals surface area contributed by atoms with Crippen LogP contribution in [-0.2, 0) is 14.3 Å². The Bertz CT molecular complexity index is 626. The lowest BCUT2D eigenvalue weighted by molar-refractivity contribution is -0.139. The number of rotatable bonds is 8. The summed E-state index contributed by atoms with van der Waals surface area (Å²) < 4.78 is 11.3. The van der Waals surface area contributed by atoms with Crippen LogP contribution < -0.4 is 10.1 Å². The SMILES string of the molecule is CC(C)(CC(=O)O)CC(=O)Nc1cc(Cl)ccc1OC[C@@H]1CCCO1. The van der Waals surface area contributed by atoms with E-state index >= 15 is 0 Å². The predicted octanol–water partition coefficient (Wildman–Crippen LogP) is 3.73. The molecule has 0 aromatic heterocycles. The first-order valence-corrected chi connectivity index (χ1v) is 8.68. The van der Waals surface area contributed by atoms with Crippen molar-refractivity contribution in [2.24, 2.45) is 5.41 Å². The van der Waals surface area contributed by atoms with Crippen molar-refractivity contribution in [2.75, 3.05) is 18.5 Å². The molecule has 1 aliphatic rings. The first-order valence-electron chi connectivity index (χ1n) is 8.31. The smallest absolute Gasteiger partial charge is 0.303 e. The minimum Gasteiger partial charge on any atom is -0.489 e. The quantitative estimate of drug-likeness (QED) is 0.729. The van der Waals surface area contributed by atoms with Crippen molar-refractivity contribution >= 4 is 29.2 Å². The number of carbonyl (C=O) groups excluding carboxylic acids is 1. The molecule has 0 aliphatic carbocycles. The molecule has 25 heavy (non-hydrogen) atoms. The van der Waals surface area contributed by atoms with Crippen molar-refractivity contribution in [2.45, 2.75) is 45.6 Å². The number of anilines is 1. The molecule has 0 saturated carbocycles. The van der Waals surface area contributed by atoms with Crippen molar-refractivity contribution in [1.29, 1.82) is 0 Å². The van der Waals surface area contributed by atoms with Crippen LogP contribution in [0, 0.1) is 5.41 Å². The number of nitrogens with one attached hydrogen (secondary N) is 1. The first kappa shape index (κ1) is 19.5. The van der Waals surface area contributed by atoms with Crippen molar-refractivity contribution in [3.05, 3.63) is 23.2 Å². The number of benzene rings is 1. The lowest BCUT2D eigenvalue weighted by Gasteiger charge is -2.22. The van der Waals surface area contributed by atoms with Gasteiger partial charge in [-0.05, 0) is 36.5 Å². The minimum absolute atomic E-state index is 0.0636. The lowest BCUT2D eigenvalue weighted by Crippen LogP contribution is -2.25. The van der Waals surface area contributed by atoms with Gasteiger partial charge in [0.2, 0.25) is 5.91 Å². The molecule has 2 N–H and O–H groups in total. The van der Waals surface area contributed by atoms with Gasteiger partial charge in [-0.3, -0.25) is 9.59 Å². The first-order chi connectivity index (χ1) is 11.7. The van der Waals surface area contributed by atoms with Crippen LogP contribution in [0.25, 0.3) is 0 Å². The summed E-state index contributed by atoms with van der Waals surface area (Å²) in [6, 6.07) is 5.01. The maximum Gasteiger partial charge on any atom is 0.303 e. The number of amides is 1. The summed E-state index contributed by atoms with van der Waals surface area (Å²) in [7, 11) is 0. The molecule has 0 spiro atoms. The summed E-state index contributed by atoms with van der Waals surface area (Å²) in [6.45, 7) is 4.65. The van der Waals surface area contributed by atoms with Crippen LogP contribution in [0.3, 0.4) is 0 Å². The molecule has 1 atom stereocenters. The topological polar surface area (TPSA) is 84.9 Å². The number of carboxylic acid groups (broad SMARTS) is 1. The van der Waals surface area contributed by atoms with Crippen LogP contribution in [0.5, 0.6) is 5.75 Å². The number of hydrogen-bond donors (Lipinski definition) is 2. The zero-order valence-corrected chi connectivity index (χ0v) is 15.3. The fraction of sp³-hybridized carbons (Fsp3) is 0.556. The van der Waals surface area contributed by atoms with Crippen LogP contribution >= 0.6 is 11.6 Å². The Morgan fingerprint density at radius 1 is 1.40 bits per heavy atom. The van der Waals surface area contributed by atoms with E-state index in [9.17, 15) is 9.59 Å². The van der Waals surface area contributed by atoms with Gasteiger partial charge in [0.05, 0.1) is 18.2 Å². The van der Waals surface area contributed by atoms with E-state index in [2.05, 4.69) is 5.32 Å². The van der Waals surface area contributed by atoms with E-state index < -0.39 is 11.4 Å². The predicted molar refractivity (Wildman–Crippen MR) is 95.2 cm³/mol. The maximum atomic E-state index is 12.3. The van der Waals surface area contributed by atoms with Gasteiger partial charge in [0.15, 0.2) is 0 Å². The van der Waals surface area contributed by atoms with Gasteiger partial charge in [-0.25, -0.2) is 0 Å². The van der Waals surface area contributed by atoms with Gasteiger partial charge < -0.3 is 19.9 Å². The highest BCUT2D eigenvalue weighted by molar-refractivity contribution is 6.31. The number of hydrogen-bond acceptors (Lipinski definition) is 4. The number of carbonyl (C=O) groups is 2. The van der Waals surface area contributed by atoms with Crippen LogP contribution in [0.1, 0.15) is 39.5 Å². The molecule has 1 aromatic carbocycles. The molecule has 2 rings (SSSR count). The van der Waals surface area contributed by atoms with Crippen molar-refractivity contribution in [3.63, 3.8) is 0 Å². The Labute approximate surface area is 152 Å². The molecule has 7 heteroatoms. The summed E-state index contributed by atoms with van der Waals surface area (Å²) in [5.74, 6) is -0.694. The minimum atomic E-state index is -0.929. The van der Waals surface area contributed by atoms with Gasteiger partial charge in [-0.1, -0.05) is 25.4 Å². The standard InChI is InChI=1S/C18H24ClNO5/c1-18(2,10-17(22)23)9-16(21)20-14-8-12(19)5-6-15(14)25-11-13-4-3-7-24-13/h5-6,8,13H,3-4,7,9-11H2,1-2H3,(H,20,21)(H,22,23)/t13-/m0/s1. The summed E-state index contributed by atoms with van der Waals surface area (Å²) in [6.07, 6.45) is 2.04. The highest BCUT2D eigenvalue weighted by atomic mass is 35.5. The van der Waals surface area contributed by atoms with Crippen LogP contribution in [-0.4, -0.2) is 36.3 Å². The molecule has 1 amide bonds. The molecular formula is C18H24ClNO5. The highest BCUT2D eigenvalue weighted by Gasteiger charge is 2.26. The Morgan fingerprint density at radius 2 is 2.16 bits per heavy atom. The van der Waals surface area contributed by atoms with Crippen molar-refractivity contribution < 1.29 is 24.2 Å². The third-order valence-corrected chi connectivity index (χ3v) is 4.17. The molecule has 1 saturated heterocycles. The molecule has 138 valence electrons.